The van der Waals surface area contributed by atoms with Crippen molar-refractivity contribution in [3.8, 4) is 11.5 Å². The average molecular weight is 485 g/mol. The van der Waals surface area contributed by atoms with Crippen LogP contribution in [0.1, 0.15) is 40.4 Å². The van der Waals surface area contributed by atoms with Gasteiger partial charge in [-0.2, -0.15) is 0 Å². The largest absolute Gasteiger partial charge is 0.493 e. The van der Waals surface area contributed by atoms with E-state index in [-0.39, 0.29) is 33.7 Å². The van der Waals surface area contributed by atoms with Crippen molar-refractivity contribution in [2.45, 2.75) is 30.2 Å². The third-order valence-electron chi connectivity index (χ3n) is 5.80. The van der Waals surface area contributed by atoms with Crippen molar-refractivity contribution in [2.24, 2.45) is 0 Å². The van der Waals surface area contributed by atoms with Crippen molar-refractivity contribution < 1.29 is 27.1 Å². The molecule has 1 amide bonds. The third kappa shape index (κ3) is 4.70. The minimum absolute atomic E-state index is 0.00110. The molecule has 0 aliphatic heterocycles. The van der Waals surface area contributed by atoms with Gasteiger partial charge in [-0.1, -0.05) is 36.4 Å². The fraction of sp³-hybridized carbons (Fsp3) is 0.240. The molecule has 0 heterocycles. The van der Waals surface area contributed by atoms with Gasteiger partial charge in [0.15, 0.2) is 11.5 Å². The predicted molar refractivity (Wildman–Crippen MR) is 126 cm³/mol. The molecule has 0 saturated carbocycles. The van der Waals surface area contributed by atoms with Gasteiger partial charge in [-0.25, -0.2) is 12.8 Å². The van der Waals surface area contributed by atoms with E-state index in [2.05, 4.69) is 10.0 Å². The summed E-state index contributed by atoms with van der Waals surface area (Å²) in [5.74, 6) is -1.05. The Balaban J connectivity index is 1.71. The summed E-state index contributed by atoms with van der Waals surface area (Å²) in [6.07, 6.45) is 2.62. The van der Waals surface area contributed by atoms with Crippen molar-refractivity contribution in [1.29, 1.82) is 0 Å². The number of carbonyl (C=O) groups is 1. The number of fused-ring (bicyclic) bond motifs is 1. The van der Waals surface area contributed by atoms with E-state index < -0.39 is 21.7 Å². The lowest BCUT2D eigenvalue weighted by atomic mass is 9.87. The Morgan fingerprint density at radius 2 is 1.76 bits per heavy atom. The molecular weight excluding hydrogens is 459 g/mol. The molecule has 9 heteroatoms. The van der Waals surface area contributed by atoms with Crippen molar-refractivity contribution in [3.05, 3.63) is 83.2 Å². The van der Waals surface area contributed by atoms with E-state index in [1.807, 2.05) is 24.3 Å². The number of hydrogen-bond acceptors (Lipinski definition) is 5. The summed E-state index contributed by atoms with van der Waals surface area (Å²) in [4.78, 5) is 13.1. The second kappa shape index (κ2) is 9.72. The van der Waals surface area contributed by atoms with Crippen molar-refractivity contribution >= 4 is 21.6 Å². The van der Waals surface area contributed by atoms with Gasteiger partial charge in [0, 0.05) is 6.07 Å². The smallest absolute Gasteiger partial charge is 0.262 e. The van der Waals surface area contributed by atoms with Crippen LogP contribution in [0, 0.1) is 5.82 Å². The second-order valence-electron chi connectivity index (χ2n) is 7.91. The molecule has 4 rings (SSSR count). The minimum atomic E-state index is -4.24. The van der Waals surface area contributed by atoms with Gasteiger partial charge in [0.05, 0.1) is 36.4 Å². The highest BCUT2D eigenvalue weighted by molar-refractivity contribution is 7.92. The zero-order chi connectivity index (χ0) is 24.3. The van der Waals surface area contributed by atoms with Crippen molar-refractivity contribution in [1.82, 2.24) is 5.32 Å². The molecule has 34 heavy (non-hydrogen) atoms. The van der Waals surface area contributed by atoms with E-state index in [0.717, 1.165) is 30.9 Å². The summed E-state index contributed by atoms with van der Waals surface area (Å²) in [5.41, 5.74) is 2.01. The monoisotopic (exact) mass is 484 g/mol. The standard InChI is InChI=1S/C25H25FN2O5S/c1-32-23-15-17(34(30,31)28-22-12-6-5-11-20(22)26)14-19(24(23)33-2)25(29)27-21-13-7-9-16-8-3-4-10-18(16)21/h3-6,8,10-12,14-15,21,28H,7,9,13H2,1-2H3,(H,27,29). The molecule has 0 radical (unpaired) electrons. The number of ether oxygens (including phenoxy) is 2. The van der Waals surface area contributed by atoms with E-state index in [1.54, 1.807) is 0 Å². The number of methoxy groups -OCH3 is 2. The highest BCUT2D eigenvalue weighted by atomic mass is 32.2. The quantitative estimate of drug-likeness (QED) is 0.517. The van der Waals surface area contributed by atoms with Gasteiger partial charge >= 0.3 is 0 Å². The van der Waals surface area contributed by atoms with Crippen LogP contribution in [0.5, 0.6) is 11.5 Å². The SMILES string of the molecule is COc1cc(S(=O)(=O)Nc2ccccc2F)cc(C(=O)NC2CCCc3ccccc32)c1OC. The molecule has 178 valence electrons. The Hall–Kier alpha value is -3.59. The number of aryl methyl sites for hydroxylation is 1. The zero-order valence-electron chi connectivity index (χ0n) is 18.8. The number of para-hydroxylation sites is 1. The molecule has 1 atom stereocenters. The Labute approximate surface area is 198 Å². The van der Waals surface area contributed by atoms with Gasteiger partial charge < -0.3 is 14.8 Å². The van der Waals surface area contributed by atoms with Crippen LogP contribution in [0.15, 0.2) is 65.6 Å². The molecule has 0 fully saturated rings. The van der Waals surface area contributed by atoms with Crippen LogP contribution in [-0.2, 0) is 16.4 Å². The molecular formula is C25H25FN2O5S. The molecule has 1 aliphatic rings. The van der Waals surface area contributed by atoms with Crippen LogP contribution >= 0.6 is 0 Å². The van der Waals surface area contributed by atoms with E-state index in [1.165, 1.54) is 50.1 Å². The average Bonchev–Trinajstić information content (AvgIpc) is 2.84. The molecule has 0 aromatic heterocycles. The number of sulfonamides is 1. The Bertz CT molecular complexity index is 1330. The number of benzene rings is 3. The molecule has 1 aliphatic carbocycles. The maximum absolute atomic E-state index is 14.1. The van der Waals surface area contributed by atoms with Gasteiger partial charge in [0.1, 0.15) is 5.82 Å². The second-order valence-corrected chi connectivity index (χ2v) is 9.59. The Kier molecular flexibility index (Phi) is 6.74. The van der Waals surface area contributed by atoms with E-state index >= 15 is 0 Å². The van der Waals surface area contributed by atoms with Gasteiger partial charge in [-0.05, 0) is 48.6 Å². The maximum Gasteiger partial charge on any atom is 0.262 e. The molecule has 2 N–H and O–H groups in total. The fourth-order valence-corrected chi connectivity index (χ4v) is 5.26. The van der Waals surface area contributed by atoms with E-state index in [0.29, 0.717) is 0 Å². The molecule has 0 saturated heterocycles. The number of halogens is 1. The van der Waals surface area contributed by atoms with Crippen molar-refractivity contribution in [2.75, 3.05) is 18.9 Å². The highest BCUT2D eigenvalue weighted by Crippen LogP contribution is 2.36. The summed E-state index contributed by atoms with van der Waals surface area (Å²) in [7, 11) is -1.52. The lowest BCUT2D eigenvalue weighted by Gasteiger charge is -2.27. The lowest BCUT2D eigenvalue weighted by molar-refractivity contribution is 0.0928. The molecule has 3 aromatic carbocycles. The Morgan fingerprint density at radius 1 is 1.03 bits per heavy atom. The lowest BCUT2D eigenvalue weighted by Crippen LogP contribution is -2.31. The van der Waals surface area contributed by atoms with E-state index in [4.69, 9.17) is 9.47 Å². The predicted octanol–water partition coefficient (Wildman–Crippen LogP) is 4.45. The fourth-order valence-electron chi connectivity index (χ4n) is 4.15. The highest BCUT2D eigenvalue weighted by Gasteiger charge is 2.27. The maximum atomic E-state index is 14.1. The summed E-state index contributed by atoms with van der Waals surface area (Å²) >= 11 is 0. The molecule has 3 aromatic rings. The minimum Gasteiger partial charge on any atom is -0.493 e. The van der Waals surface area contributed by atoms with E-state index in [9.17, 15) is 17.6 Å². The summed E-state index contributed by atoms with van der Waals surface area (Å²) in [5, 5.41) is 3.01. The summed E-state index contributed by atoms with van der Waals surface area (Å²) in [6, 6.07) is 15.5. The Morgan fingerprint density at radius 3 is 2.50 bits per heavy atom. The van der Waals surface area contributed by atoms with Crippen LogP contribution in [0.25, 0.3) is 0 Å². The van der Waals surface area contributed by atoms with Gasteiger partial charge in [-0.15, -0.1) is 0 Å². The van der Waals surface area contributed by atoms with Gasteiger partial charge in [-0.3, -0.25) is 9.52 Å². The summed E-state index contributed by atoms with van der Waals surface area (Å²) < 4.78 is 53.1. The number of anilines is 1. The molecule has 0 spiro atoms. The van der Waals surface area contributed by atoms with Crippen LogP contribution in [-0.4, -0.2) is 28.5 Å². The van der Waals surface area contributed by atoms with Crippen LogP contribution in [0.4, 0.5) is 10.1 Å². The first-order valence-electron chi connectivity index (χ1n) is 10.8. The van der Waals surface area contributed by atoms with Crippen LogP contribution in [0.2, 0.25) is 0 Å². The topological polar surface area (TPSA) is 93.7 Å². The first kappa shape index (κ1) is 23.6. The van der Waals surface area contributed by atoms with Crippen molar-refractivity contribution in [3.63, 3.8) is 0 Å². The number of hydrogen-bond donors (Lipinski definition) is 2. The summed E-state index contributed by atoms with van der Waals surface area (Å²) in [6.45, 7) is 0. The third-order valence-corrected chi connectivity index (χ3v) is 7.15. The zero-order valence-corrected chi connectivity index (χ0v) is 19.6. The normalized spacial score (nSPS) is 15.2. The van der Waals surface area contributed by atoms with Gasteiger partial charge in [0.25, 0.3) is 15.9 Å². The van der Waals surface area contributed by atoms with Crippen LogP contribution < -0.4 is 19.5 Å². The number of carbonyl (C=O) groups excluding carboxylic acids is 1. The number of amides is 1. The molecule has 0 bridgehead atoms. The molecule has 7 nitrogen and oxygen atoms in total. The number of rotatable bonds is 7. The first-order chi connectivity index (χ1) is 16.3. The first-order valence-corrected chi connectivity index (χ1v) is 12.2. The van der Waals surface area contributed by atoms with Gasteiger partial charge in [0.2, 0.25) is 0 Å². The number of nitrogens with one attached hydrogen (secondary N) is 2. The van der Waals surface area contributed by atoms with Crippen LogP contribution in [0.3, 0.4) is 0 Å². The molecule has 1 unspecified atom stereocenters.